The van der Waals surface area contributed by atoms with E-state index < -0.39 is 29.6 Å². The summed E-state index contributed by atoms with van der Waals surface area (Å²) >= 11 is 11.6. The second-order valence-electron chi connectivity index (χ2n) is 6.64. The molecule has 0 saturated heterocycles. The van der Waals surface area contributed by atoms with Gasteiger partial charge < -0.3 is 5.32 Å². The van der Waals surface area contributed by atoms with Crippen LogP contribution in [-0.2, 0) is 11.0 Å². The first-order valence-corrected chi connectivity index (χ1v) is 9.75. The number of amides is 2. The molecule has 1 atom stereocenters. The molecule has 3 aromatic rings. The van der Waals surface area contributed by atoms with Crippen molar-refractivity contribution < 1.29 is 22.8 Å². The van der Waals surface area contributed by atoms with Crippen molar-refractivity contribution in [1.82, 2.24) is 25.1 Å². The lowest BCUT2D eigenvalue weighted by molar-refractivity contribution is -0.137. The van der Waals surface area contributed by atoms with Gasteiger partial charge in [0.15, 0.2) is 11.6 Å². The number of rotatable bonds is 5. The Kier molecular flexibility index (Phi) is 6.70. The van der Waals surface area contributed by atoms with Crippen molar-refractivity contribution in [2.24, 2.45) is 0 Å². The van der Waals surface area contributed by atoms with Crippen LogP contribution in [0.4, 0.5) is 19.1 Å². The molecule has 0 aliphatic heterocycles. The molecule has 0 saturated carbocycles. The molecule has 0 radical (unpaired) electrons. The molecule has 0 aliphatic rings. The molecule has 0 fully saturated rings. The molecule has 13 heteroatoms. The first-order chi connectivity index (χ1) is 14.9. The standard InChI is InChI=1S/C19H15Cl2F3N6O2/c1-9(26-17(32)11-5-12(19(22,23)24)7-14(21)6-11)16-28-18(27-10(2)31)29-30(16)15-4-3-13(20)8-25-15/h3-9H,1-2H3,(H,26,32)(H,27,29,31). The highest BCUT2D eigenvalue weighted by atomic mass is 35.5. The first-order valence-electron chi connectivity index (χ1n) is 8.99. The fourth-order valence-electron chi connectivity index (χ4n) is 2.71. The molecule has 1 aromatic carbocycles. The molecular formula is C19H15Cl2F3N6O2. The Balaban J connectivity index is 1.93. The zero-order valence-electron chi connectivity index (χ0n) is 16.5. The number of hydrogen-bond acceptors (Lipinski definition) is 5. The molecule has 3 rings (SSSR count). The van der Waals surface area contributed by atoms with Gasteiger partial charge in [0.1, 0.15) is 0 Å². The number of anilines is 1. The van der Waals surface area contributed by atoms with E-state index in [1.54, 1.807) is 19.1 Å². The van der Waals surface area contributed by atoms with E-state index >= 15 is 0 Å². The maximum atomic E-state index is 13.1. The smallest absolute Gasteiger partial charge is 0.342 e. The normalized spacial score (nSPS) is 12.3. The molecular weight excluding hydrogens is 472 g/mol. The highest BCUT2D eigenvalue weighted by Crippen LogP contribution is 2.32. The number of hydrogen-bond donors (Lipinski definition) is 2. The van der Waals surface area contributed by atoms with E-state index in [9.17, 15) is 22.8 Å². The van der Waals surface area contributed by atoms with Crippen molar-refractivity contribution in [1.29, 1.82) is 0 Å². The Morgan fingerprint density at radius 3 is 2.44 bits per heavy atom. The summed E-state index contributed by atoms with van der Waals surface area (Å²) in [7, 11) is 0. The van der Waals surface area contributed by atoms with Crippen molar-refractivity contribution in [2.45, 2.75) is 26.1 Å². The number of carbonyl (C=O) groups is 2. The van der Waals surface area contributed by atoms with Crippen molar-refractivity contribution >= 4 is 41.0 Å². The van der Waals surface area contributed by atoms with Crippen molar-refractivity contribution in [3.05, 3.63) is 63.5 Å². The summed E-state index contributed by atoms with van der Waals surface area (Å²) < 4.78 is 40.4. The summed E-state index contributed by atoms with van der Waals surface area (Å²) in [6.07, 6.45) is -3.30. The zero-order chi connectivity index (χ0) is 23.6. The maximum Gasteiger partial charge on any atom is 0.416 e. The first kappa shape index (κ1) is 23.5. The fraction of sp³-hybridized carbons (Fsp3) is 0.211. The second kappa shape index (κ2) is 9.13. The van der Waals surface area contributed by atoms with Gasteiger partial charge in [-0.15, -0.1) is 5.10 Å². The van der Waals surface area contributed by atoms with Gasteiger partial charge in [0.25, 0.3) is 5.91 Å². The van der Waals surface area contributed by atoms with Gasteiger partial charge in [0, 0.05) is 23.7 Å². The largest absolute Gasteiger partial charge is 0.416 e. The van der Waals surface area contributed by atoms with Gasteiger partial charge in [0.2, 0.25) is 11.9 Å². The van der Waals surface area contributed by atoms with Crippen LogP contribution in [0.3, 0.4) is 0 Å². The number of aromatic nitrogens is 4. The van der Waals surface area contributed by atoms with Gasteiger partial charge >= 0.3 is 6.18 Å². The van der Waals surface area contributed by atoms with Crippen molar-refractivity contribution in [3.8, 4) is 5.82 Å². The Labute approximate surface area is 189 Å². The summed E-state index contributed by atoms with van der Waals surface area (Å²) in [6, 6.07) is 4.79. The summed E-state index contributed by atoms with van der Waals surface area (Å²) in [5, 5.41) is 9.28. The number of nitrogens with one attached hydrogen (secondary N) is 2. The molecule has 2 aromatic heterocycles. The molecule has 0 bridgehead atoms. The summed E-state index contributed by atoms with van der Waals surface area (Å²) in [6.45, 7) is 2.81. The molecule has 0 spiro atoms. The van der Waals surface area contributed by atoms with Crippen LogP contribution < -0.4 is 10.6 Å². The van der Waals surface area contributed by atoms with Gasteiger partial charge in [0.05, 0.1) is 16.6 Å². The molecule has 168 valence electrons. The van der Waals surface area contributed by atoms with E-state index in [2.05, 4.69) is 25.7 Å². The summed E-state index contributed by atoms with van der Waals surface area (Å²) in [5.41, 5.74) is -1.33. The molecule has 32 heavy (non-hydrogen) atoms. The van der Waals surface area contributed by atoms with Crippen molar-refractivity contribution in [2.75, 3.05) is 5.32 Å². The minimum atomic E-state index is -4.67. The Morgan fingerprint density at radius 1 is 1.12 bits per heavy atom. The average Bonchev–Trinajstić information content (AvgIpc) is 3.10. The lowest BCUT2D eigenvalue weighted by Crippen LogP contribution is -2.29. The topological polar surface area (TPSA) is 102 Å². The van der Waals surface area contributed by atoms with Gasteiger partial charge in [-0.25, -0.2) is 4.98 Å². The SMILES string of the molecule is CC(=O)Nc1nc(C(C)NC(=O)c2cc(Cl)cc(C(F)(F)F)c2)n(-c2ccc(Cl)cn2)n1. The van der Waals surface area contributed by atoms with Crippen LogP contribution in [0, 0.1) is 0 Å². The average molecular weight is 487 g/mol. The minimum Gasteiger partial charge on any atom is -0.342 e. The molecule has 2 N–H and O–H groups in total. The van der Waals surface area contributed by atoms with Gasteiger partial charge in [-0.3, -0.25) is 14.9 Å². The van der Waals surface area contributed by atoms with Crippen LogP contribution in [0.1, 0.15) is 41.6 Å². The molecule has 2 amide bonds. The van der Waals surface area contributed by atoms with Crippen LogP contribution in [0.15, 0.2) is 36.5 Å². The van der Waals surface area contributed by atoms with Crippen molar-refractivity contribution in [3.63, 3.8) is 0 Å². The predicted octanol–water partition coefficient (Wildman–Crippen LogP) is 4.44. The number of alkyl halides is 3. The molecule has 0 aliphatic carbocycles. The Hall–Kier alpha value is -3.18. The van der Waals surface area contributed by atoms with E-state index in [4.69, 9.17) is 23.2 Å². The van der Waals surface area contributed by atoms with E-state index in [0.29, 0.717) is 11.1 Å². The highest BCUT2D eigenvalue weighted by molar-refractivity contribution is 6.31. The van der Waals surface area contributed by atoms with Crippen LogP contribution in [0.25, 0.3) is 5.82 Å². The minimum absolute atomic E-state index is 0.0486. The van der Waals surface area contributed by atoms with Crippen LogP contribution in [0.5, 0.6) is 0 Å². The Bertz CT molecular complexity index is 1160. The third-order valence-corrected chi connectivity index (χ3v) is 4.51. The van der Waals surface area contributed by atoms with Crippen LogP contribution in [-0.4, -0.2) is 31.6 Å². The lowest BCUT2D eigenvalue weighted by Gasteiger charge is -2.15. The van der Waals surface area contributed by atoms with Crippen LogP contribution in [0.2, 0.25) is 10.0 Å². The van der Waals surface area contributed by atoms with Gasteiger partial charge in [-0.1, -0.05) is 23.2 Å². The van der Waals surface area contributed by atoms with Crippen LogP contribution >= 0.6 is 23.2 Å². The second-order valence-corrected chi connectivity index (χ2v) is 7.52. The number of nitrogens with zero attached hydrogens (tertiary/aromatic N) is 4. The van der Waals surface area contributed by atoms with E-state index in [1.165, 1.54) is 17.8 Å². The summed E-state index contributed by atoms with van der Waals surface area (Å²) in [5.74, 6) is -0.836. The van der Waals surface area contributed by atoms with E-state index in [1.807, 2.05) is 0 Å². The lowest BCUT2D eigenvalue weighted by atomic mass is 10.1. The monoisotopic (exact) mass is 486 g/mol. The fourth-order valence-corrected chi connectivity index (χ4v) is 3.05. The van der Waals surface area contributed by atoms with Gasteiger partial charge in [-0.2, -0.15) is 22.8 Å². The molecule has 2 heterocycles. The summed E-state index contributed by atoms with van der Waals surface area (Å²) in [4.78, 5) is 32.4. The predicted molar refractivity (Wildman–Crippen MR) is 111 cm³/mol. The zero-order valence-corrected chi connectivity index (χ0v) is 18.0. The van der Waals surface area contributed by atoms with E-state index in [0.717, 1.165) is 12.1 Å². The highest BCUT2D eigenvalue weighted by Gasteiger charge is 2.32. The quantitative estimate of drug-likeness (QED) is 0.555. The molecule has 1 unspecified atom stereocenters. The number of benzene rings is 1. The Morgan fingerprint density at radius 2 is 1.84 bits per heavy atom. The number of carbonyl (C=O) groups excluding carboxylic acids is 2. The van der Waals surface area contributed by atoms with E-state index in [-0.39, 0.29) is 28.2 Å². The number of halogens is 5. The third-order valence-electron chi connectivity index (χ3n) is 4.07. The maximum absolute atomic E-state index is 13.1. The molecule has 8 nitrogen and oxygen atoms in total. The number of pyridine rings is 1. The van der Waals surface area contributed by atoms with Gasteiger partial charge in [-0.05, 0) is 37.3 Å². The third kappa shape index (κ3) is 5.54.